The maximum Gasteiger partial charge on any atom is 0.137 e. The highest BCUT2D eigenvalue weighted by atomic mass is 15.0. The third-order valence-electron chi connectivity index (χ3n) is 3.63. The minimum atomic E-state index is 0.506. The van der Waals surface area contributed by atoms with E-state index in [4.69, 9.17) is 10.7 Å². The fraction of sp³-hybridized carbons (Fsp3) is 0.235. The lowest BCUT2D eigenvalue weighted by atomic mass is 10.1. The number of rotatable bonds is 3. The lowest BCUT2D eigenvalue weighted by Crippen LogP contribution is -2.05. The van der Waals surface area contributed by atoms with E-state index in [1.54, 1.807) is 0 Å². The Morgan fingerprint density at radius 2 is 1.70 bits per heavy atom. The number of hydrogen-bond acceptors (Lipinski definition) is 2. The van der Waals surface area contributed by atoms with Crippen LogP contribution < -0.4 is 5.73 Å². The summed E-state index contributed by atoms with van der Waals surface area (Å²) in [7, 11) is 0. The van der Waals surface area contributed by atoms with Gasteiger partial charge in [0.25, 0.3) is 0 Å². The molecule has 0 aliphatic rings. The van der Waals surface area contributed by atoms with Crippen LogP contribution in [0.1, 0.15) is 28.1 Å². The quantitative estimate of drug-likeness (QED) is 0.791. The SMILES string of the molecule is Cc1ccc(Cc2nc3ccc(C)cn3c2CN)cc1. The largest absolute Gasteiger partial charge is 0.325 e. The van der Waals surface area contributed by atoms with Crippen LogP contribution in [-0.4, -0.2) is 9.38 Å². The molecule has 0 radical (unpaired) electrons. The van der Waals surface area contributed by atoms with Gasteiger partial charge < -0.3 is 10.1 Å². The fourth-order valence-corrected chi connectivity index (χ4v) is 2.51. The molecular formula is C17H19N3. The van der Waals surface area contributed by atoms with E-state index in [9.17, 15) is 0 Å². The van der Waals surface area contributed by atoms with Crippen molar-refractivity contribution in [2.24, 2.45) is 5.73 Å². The van der Waals surface area contributed by atoms with Crippen LogP contribution >= 0.6 is 0 Å². The smallest absolute Gasteiger partial charge is 0.137 e. The molecule has 2 N–H and O–H groups in total. The molecule has 2 aromatic heterocycles. The highest BCUT2D eigenvalue weighted by Gasteiger charge is 2.11. The van der Waals surface area contributed by atoms with Gasteiger partial charge in [-0.3, -0.25) is 0 Å². The van der Waals surface area contributed by atoms with Gasteiger partial charge in [0.1, 0.15) is 5.65 Å². The maximum atomic E-state index is 5.93. The van der Waals surface area contributed by atoms with E-state index < -0.39 is 0 Å². The molecule has 1 aromatic carbocycles. The number of imidazole rings is 1. The molecule has 0 fully saturated rings. The summed E-state index contributed by atoms with van der Waals surface area (Å²) >= 11 is 0. The average Bonchev–Trinajstić information content (AvgIpc) is 2.78. The Hall–Kier alpha value is -2.13. The number of aromatic nitrogens is 2. The number of nitrogens with two attached hydrogens (primary N) is 1. The zero-order valence-corrected chi connectivity index (χ0v) is 11.9. The van der Waals surface area contributed by atoms with Gasteiger partial charge in [0.15, 0.2) is 0 Å². The first-order valence-electron chi connectivity index (χ1n) is 6.89. The zero-order chi connectivity index (χ0) is 14.1. The van der Waals surface area contributed by atoms with Crippen molar-refractivity contribution in [1.82, 2.24) is 9.38 Å². The number of fused-ring (bicyclic) bond motifs is 1. The van der Waals surface area contributed by atoms with Gasteiger partial charge in [-0.05, 0) is 31.0 Å². The number of benzene rings is 1. The standard InChI is InChI=1S/C17H19N3/c1-12-3-6-14(7-4-12)9-15-16(10-18)20-11-13(2)5-8-17(20)19-15/h3-8,11H,9-10,18H2,1-2H3. The highest BCUT2D eigenvalue weighted by Crippen LogP contribution is 2.17. The summed E-state index contributed by atoms with van der Waals surface area (Å²) in [5, 5.41) is 0. The minimum absolute atomic E-state index is 0.506. The van der Waals surface area contributed by atoms with E-state index >= 15 is 0 Å². The molecule has 3 nitrogen and oxygen atoms in total. The third kappa shape index (κ3) is 2.32. The second-order valence-electron chi connectivity index (χ2n) is 5.31. The Kier molecular flexibility index (Phi) is 3.28. The molecule has 0 amide bonds. The maximum absolute atomic E-state index is 5.93. The first-order chi connectivity index (χ1) is 9.67. The predicted molar refractivity (Wildman–Crippen MR) is 81.8 cm³/mol. The van der Waals surface area contributed by atoms with Crippen LogP contribution in [0.15, 0.2) is 42.6 Å². The number of nitrogens with zero attached hydrogens (tertiary/aromatic N) is 2. The van der Waals surface area contributed by atoms with Crippen molar-refractivity contribution >= 4 is 5.65 Å². The van der Waals surface area contributed by atoms with Crippen LogP contribution in [-0.2, 0) is 13.0 Å². The van der Waals surface area contributed by atoms with Crippen LogP contribution in [0.3, 0.4) is 0 Å². The summed E-state index contributed by atoms with van der Waals surface area (Å²) in [6.07, 6.45) is 2.93. The van der Waals surface area contributed by atoms with Crippen molar-refractivity contribution in [3.63, 3.8) is 0 Å². The van der Waals surface area contributed by atoms with Gasteiger partial charge in [0.2, 0.25) is 0 Å². The molecule has 0 unspecified atom stereocenters. The van der Waals surface area contributed by atoms with Crippen molar-refractivity contribution in [3.05, 3.63) is 70.7 Å². The summed E-state index contributed by atoms with van der Waals surface area (Å²) in [5.74, 6) is 0. The molecular weight excluding hydrogens is 246 g/mol. The molecule has 20 heavy (non-hydrogen) atoms. The number of hydrogen-bond donors (Lipinski definition) is 1. The number of pyridine rings is 1. The van der Waals surface area contributed by atoms with Crippen LogP contribution in [0.5, 0.6) is 0 Å². The van der Waals surface area contributed by atoms with Gasteiger partial charge in [-0.2, -0.15) is 0 Å². The summed E-state index contributed by atoms with van der Waals surface area (Å²) < 4.78 is 2.11. The molecule has 2 heterocycles. The monoisotopic (exact) mass is 265 g/mol. The first kappa shape index (κ1) is 12.9. The summed E-state index contributed by atoms with van der Waals surface area (Å²) in [4.78, 5) is 4.73. The van der Waals surface area contributed by atoms with Crippen LogP contribution in [0.4, 0.5) is 0 Å². The zero-order valence-electron chi connectivity index (χ0n) is 11.9. The Morgan fingerprint density at radius 3 is 2.40 bits per heavy atom. The molecule has 0 atom stereocenters. The lowest BCUT2D eigenvalue weighted by molar-refractivity contribution is 0.922. The van der Waals surface area contributed by atoms with Gasteiger partial charge in [0, 0.05) is 19.2 Å². The van der Waals surface area contributed by atoms with Crippen molar-refractivity contribution in [2.75, 3.05) is 0 Å². The van der Waals surface area contributed by atoms with Crippen LogP contribution in [0, 0.1) is 13.8 Å². The van der Waals surface area contributed by atoms with Crippen molar-refractivity contribution in [3.8, 4) is 0 Å². The van der Waals surface area contributed by atoms with Gasteiger partial charge >= 0.3 is 0 Å². The van der Waals surface area contributed by atoms with Crippen molar-refractivity contribution in [1.29, 1.82) is 0 Å². The Balaban J connectivity index is 2.04. The highest BCUT2D eigenvalue weighted by molar-refractivity contribution is 5.45. The van der Waals surface area contributed by atoms with E-state index in [-0.39, 0.29) is 0 Å². The predicted octanol–water partition coefficient (Wildman–Crippen LogP) is 3.00. The van der Waals surface area contributed by atoms with Crippen molar-refractivity contribution < 1.29 is 0 Å². The summed E-state index contributed by atoms with van der Waals surface area (Å²) in [6.45, 7) is 4.69. The summed E-state index contributed by atoms with van der Waals surface area (Å²) in [5.41, 5.74) is 12.8. The van der Waals surface area contributed by atoms with Crippen molar-refractivity contribution in [2.45, 2.75) is 26.8 Å². The van der Waals surface area contributed by atoms with E-state index in [1.807, 2.05) is 6.07 Å². The van der Waals surface area contributed by atoms with E-state index in [0.717, 1.165) is 23.5 Å². The summed E-state index contributed by atoms with van der Waals surface area (Å²) in [6, 6.07) is 12.7. The number of aryl methyl sites for hydroxylation is 2. The topological polar surface area (TPSA) is 43.3 Å². The molecule has 0 saturated carbocycles. The second-order valence-corrected chi connectivity index (χ2v) is 5.31. The normalized spacial score (nSPS) is 11.2. The molecule has 0 bridgehead atoms. The van der Waals surface area contributed by atoms with Gasteiger partial charge in [-0.15, -0.1) is 0 Å². The molecule has 3 heteroatoms. The Bertz CT molecular complexity index is 739. The van der Waals surface area contributed by atoms with Crippen LogP contribution in [0.2, 0.25) is 0 Å². The second kappa shape index (κ2) is 5.10. The minimum Gasteiger partial charge on any atom is -0.325 e. The molecule has 0 saturated heterocycles. The first-order valence-corrected chi connectivity index (χ1v) is 6.89. The van der Waals surface area contributed by atoms with E-state index in [2.05, 4.69) is 54.8 Å². The molecule has 102 valence electrons. The third-order valence-corrected chi connectivity index (χ3v) is 3.63. The fourth-order valence-electron chi connectivity index (χ4n) is 2.51. The Labute approximate surface area is 119 Å². The van der Waals surface area contributed by atoms with Gasteiger partial charge in [-0.1, -0.05) is 35.9 Å². The van der Waals surface area contributed by atoms with Gasteiger partial charge in [-0.25, -0.2) is 4.98 Å². The van der Waals surface area contributed by atoms with Gasteiger partial charge in [0.05, 0.1) is 11.4 Å². The molecule has 0 aliphatic carbocycles. The average molecular weight is 265 g/mol. The van der Waals surface area contributed by atoms with Crippen LogP contribution in [0.25, 0.3) is 5.65 Å². The van der Waals surface area contributed by atoms with E-state index in [0.29, 0.717) is 6.54 Å². The molecule has 3 rings (SSSR count). The molecule has 0 spiro atoms. The lowest BCUT2D eigenvalue weighted by Gasteiger charge is -2.03. The molecule has 3 aromatic rings. The van der Waals surface area contributed by atoms with E-state index in [1.165, 1.54) is 16.7 Å². The Morgan fingerprint density at radius 1 is 1.00 bits per heavy atom. The molecule has 0 aliphatic heterocycles.